The standard InChI is InChI=1S/C36H46ClF2N5O4/c1-36(2,3)42-21-27(23-7-9-24(37)10-8-23)28(22-42)33(45)43-20-26(19-31(43)34(46)41-15-13-40(4)14-16-41)44(35(47)32-6-5-17-48-32)30-12-11-25(38)18-29(30)39/h7-12,18,26-28,31-32H,5-6,13-17,19-22H2,1-4H3/t26-,27-,28-,31-,32-/m0/s1. The van der Waals surface area contributed by atoms with E-state index in [2.05, 4.69) is 30.6 Å². The first-order chi connectivity index (χ1) is 22.8. The van der Waals surface area contributed by atoms with Gasteiger partial charge in [-0.25, -0.2) is 8.78 Å². The highest BCUT2D eigenvalue weighted by Crippen LogP contribution is 2.40. The number of nitrogens with zero attached hydrogens (tertiary/aromatic N) is 5. The predicted octanol–water partition coefficient (Wildman–Crippen LogP) is 4.39. The van der Waals surface area contributed by atoms with Crippen molar-refractivity contribution in [3.05, 3.63) is 64.7 Å². The van der Waals surface area contributed by atoms with Crippen LogP contribution in [0.2, 0.25) is 5.02 Å². The molecular formula is C36H46ClF2N5O4. The van der Waals surface area contributed by atoms with Crippen LogP contribution in [0.4, 0.5) is 14.5 Å². The maximum absolute atomic E-state index is 15.5. The van der Waals surface area contributed by atoms with Crippen LogP contribution in [0.3, 0.4) is 0 Å². The molecule has 4 aliphatic heterocycles. The van der Waals surface area contributed by atoms with E-state index in [0.29, 0.717) is 63.7 Å². The first kappa shape index (κ1) is 34.7. The molecule has 5 atom stereocenters. The molecular weight excluding hydrogens is 640 g/mol. The summed E-state index contributed by atoms with van der Waals surface area (Å²) >= 11 is 6.23. The number of likely N-dealkylation sites (tertiary alicyclic amines) is 2. The van der Waals surface area contributed by atoms with Crippen LogP contribution in [0, 0.1) is 17.6 Å². The van der Waals surface area contributed by atoms with Gasteiger partial charge in [-0.2, -0.15) is 0 Å². The third-order valence-electron chi connectivity index (χ3n) is 10.5. The molecule has 0 aliphatic carbocycles. The fourth-order valence-electron chi connectivity index (χ4n) is 7.68. The maximum atomic E-state index is 15.5. The second-order valence-electron chi connectivity index (χ2n) is 14.7. The van der Waals surface area contributed by atoms with Crippen LogP contribution < -0.4 is 4.90 Å². The van der Waals surface area contributed by atoms with Gasteiger partial charge in [0.2, 0.25) is 11.8 Å². The molecule has 3 amide bonds. The van der Waals surface area contributed by atoms with Crippen LogP contribution in [0.25, 0.3) is 0 Å². The first-order valence-electron chi connectivity index (χ1n) is 17.0. The van der Waals surface area contributed by atoms with Crippen molar-refractivity contribution in [3.8, 4) is 0 Å². The van der Waals surface area contributed by atoms with Crippen molar-refractivity contribution in [3.63, 3.8) is 0 Å². The van der Waals surface area contributed by atoms with Crippen LogP contribution in [0.1, 0.15) is 51.5 Å². The Morgan fingerprint density at radius 2 is 1.65 bits per heavy atom. The Balaban J connectivity index is 1.37. The molecule has 48 heavy (non-hydrogen) atoms. The third kappa shape index (κ3) is 7.11. The molecule has 0 bridgehead atoms. The minimum absolute atomic E-state index is 0.0393. The molecule has 0 unspecified atom stereocenters. The summed E-state index contributed by atoms with van der Waals surface area (Å²) in [7, 11) is 2.01. The van der Waals surface area contributed by atoms with E-state index in [-0.39, 0.29) is 41.9 Å². The third-order valence-corrected chi connectivity index (χ3v) is 10.8. The van der Waals surface area contributed by atoms with Gasteiger partial charge in [-0.3, -0.25) is 19.3 Å². The lowest BCUT2D eigenvalue weighted by Gasteiger charge is -2.36. The number of amides is 3. The summed E-state index contributed by atoms with van der Waals surface area (Å²) in [4.78, 5) is 52.5. The van der Waals surface area contributed by atoms with E-state index in [1.807, 2.05) is 31.3 Å². The van der Waals surface area contributed by atoms with Crippen LogP contribution in [0.5, 0.6) is 0 Å². The van der Waals surface area contributed by atoms with Crippen LogP contribution in [0.15, 0.2) is 42.5 Å². The van der Waals surface area contributed by atoms with Crippen molar-refractivity contribution >= 4 is 35.0 Å². The minimum Gasteiger partial charge on any atom is -0.368 e. The summed E-state index contributed by atoms with van der Waals surface area (Å²) in [6.07, 6.45) is 0.516. The predicted molar refractivity (Wildman–Crippen MR) is 180 cm³/mol. The lowest BCUT2D eigenvalue weighted by molar-refractivity contribution is -0.147. The first-order valence-corrected chi connectivity index (χ1v) is 17.4. The summed E-state index contributed by atoms with van der Waals surface area (Å²) in [5.74, 6) is -3.03. The van der Waals surface area contributed by atoms with Gasteiger partial charge in [-0.15, -0.1) is 0 Å². The Kier molecular flexibility index (Phi) is 10.1. The van der Waals surface area contributed by atoms with Gasteiger partial charge >= 0.3 is 0 Å². The van der Waals surface area contributed by atoms with Gasteiger partial charge in [-0.1, -0.05) is 23.7 Å². The largest absolute Gasteiger partial charge is 0.368 e. The molecule has 0 spiro atoms. The molecule has 260 valence electrons. The number of ether oxygens (including phenoxy) is 1. The van der Waals surface area contributed by atoms with E-state index < -0.39 is 41.6 Å². The molecule has 0 saturated carbocycles. The van der Waals surface area contributed by atoms with E-state index in [9.17, 15) is 18.8 Å². The van der Waals surface area contributed by atoms with Crippen molar-refractivity contribution in [1.82, 2.24) is 19.6 Å². The number of halogens is 3. The van der Waals surface area contributed by atoms with Gasteiger partial charge in [0.1, 0.15) is 23.8 Å². The second-order valence-corrected chi connectivity index (χ2v) is 15.1. The Bertz CT molecular complexity index is 1510. The average molecular weight is 686 g/mol. The number of hydrogen-bond donors (Lipinski definition) is 0. The molecule has 0 N–H and O–H groups in total. The van der Waals surface area contributed by atoms with Crippen molar-refractivity contribution in [2.75, 3.05) is 64.4 Å². The van der Waals surface area contributed by atoms with Crippen molar-refractivity contribution in [2.45, 2.75) is 69.7 Å². The number of hydrogen-bond acceptors (Lipinski definition) is 6. The topological polar surface area (TPSA) is 76.6 Å². The lowest BCUT2D eigenvalue weighted by atomic mass is 9.88. The number of carbonyl (C=O) groups is 3. The van der Waals surface area contributed by atoms with Crippen molar-refractivity contribution < 1.29 is 27.9 Å². The normalized spacial score (nSPS) is 27.1. The monoisotopic (exact) mass is 685 g/mol. The molecule has 4 saturated heterocycles. The zero-order valence-electron chi connectivity index (χ0n) is 28.2. The number of piperazine rings is 1. The highest BCUT2D eigenvalue weighted by Gasteiger charge is 2.51. The van der Waals surface area contributed by atoms with Crippen LogP contribution in [-0.4, -0.2) is 121 Å². The Morgan fingerprint density at radius 3 is 2.27 bits per heavy atom. The van der Waals surface area contributed by atoms with Crippen LogP contribution in [-0.2, 0) is 19.1 Å². The molecule has 4 fully saturated rings. The summed E-state index contributed by atoms with van der Waals surface area (Å²) < 4.78 is 35.2. The Hall–Kier alpha value is -3.12. The van der Waals surface area contributed by atoms with Gasteiger partial charge < -0.3 is 24.3 Å². The number of likely N-dealkylation sites (N-methyl/N-ethyl adjacent to an activating group) is 1. The molecule has 0 aromatic heterocycles. The SMILES string of the molecule is CN1CCN(C(=O)[C@@H]2C[C@H](N(C(=O)[C@@H]3CCCO3)c3ccc(F)cc3F)CN2C(=O)[C@H]2CN(C(C)(C)C)C[C@H]2c2ccc(Cl)cc2)CC1. The highest BCUT2D eigenvalue weighted by atomic mass is 35.5. The smallest absolute Gasteiger partial charge is 0.256 e. The highest BCUT2D eigenvalue weighted by molar-refractivity contribution is 6.30. The molecule has 12 heteroatoms. The van der Waals surface area contributed by atoms with E-state index in [4.69, 9.17) is 16.3 Å². The van der Waals surface area contributed by atoms with Crippen LogP contribution >= 0.6 is 11.6 Å². The Labute approximate surface area is 286 Å². The van der Waals surface area contributed by atoms with Gasteiger partial charge in [0.25, 0.3) is 5.91 Å². The zero-order valence-corrected chi connectivity index (χ0v) is 29.0. The summed E-state index contributed by atoms with van der Waals surface area (Å²) in [5, 5.41) is 0.608. The summed E-state index contributed by atoms with van der Waals surface area (Å²) in [6, 6.07) is 9.14. The fourth-order valence-corrected chi connectivity index (χ4v) is 7.80. The van der Waals surface area contributed by atoms with E-state index in [1.165, 1.54) is 11.0 Å². The quantitative estimate of drug-likeness (QED) is 0.450. The number of carbonyl (C=O) groups excluding carboxylic acids is 3. The fraction of sp³-hybridized carbons (Fsp3) is 0.583. The van der Waals surface area contributed by atoms with Crippen molar-refractivity contribution in [2.24, 2.45) is 5.92 Å². The molecule has 9 nitrogen and oxygen atoms in total. The summed E-state index contributed by atoms with van der Waals surface area (Å²) in [6.45, 7) is 10.4. The van der Waals surface area contributed by atoms with Gasteiger partial charge in [-0.05, 0) is 76.9 Å². The van der Waals surface area contributed by atoms with E-state index in [1.54, 1.807) is 9.80 Å². The molecule has 4 aliphatic rings. The summed E-state index contributed by atoms with van der Waals surface area (Å²) in [5.41, 5.74) is 0.707. The lowest BCUT2D eigenvalue weighted by Crippen LogP contribution is -2.54. The zero-order chi connectivity index (χ0) is 34.3. The number of rotatable bonds is 6. The van der Waals surface area contributed by atoms with Gasteiger partial charge in [0.15, 0.2) is 0 Å². The van der Waals surface area contributed by atoms with E-state index in [0.717, 1.165) is 17.7 Å². The minimum atomic E-state index is -0.882. The molecule has 0 radical (unpaired) electrons. The van der Waals surface area contributed by atoms with Crippen molar-refractivity contribution in [1.29, 1.82) is 0 Å². The molecule has 2 aromatic rings. The number of anilines is 1. The molecule has 2 aromatic carbocycles. The average Bonchev–Trinajstić information content (AvgIpc) is 3.83. The molecule has 6 rings (SSSR count). The second kappa shape index (κ2) is 14.0. The van der Waals surface area contributed by atoms with E-state index >= 15 is 4.39 Å². The molecule has 4 heterocycles. The number of benzene rings is 2. The Morgan fingerprint density at radius 1 is 0.938 bits per heavy atom. The maximum Gasteiger partial charge on any atom is 0.256 e. The van der Waals surface area contributed by atoms with Gasteiger partial charge in [0, 0.05) is 75.0 Å². The van der Waals surface area contributed by atoms with Gasteiger partial charge in [0.05, 0.1) is 17.6 Å².